The monoisotopic (exact) mass is 208 g/mol. The van der Waals surface area contributed by atoms with Gasteiger partial charge in [-0.2, -0.15) is 0 Å². The standard InChI is InChI=1S/C11H9ClO2/c12-9-1-3-10(4-2-9)14-11-5-7-13-8-6-11/h1-7H,8H2. The lowest BCUT2D eigenvalue weighted by Gasteiger charge is -2.09. The molecule has 0 unspecified atom stereocenters. The summed E-state index contributed by atoms with van der Waals surface area (Å²) in [6, 6.07) is 7.24. The van der Waals surface area contributed by atoms with Crippen molar-refractivity contribution in [2.45, 2.75) is 0 Å². The van der Waals surface area contributed by atoms with Gasteiger partial charge in [0.05, 0.1) is 6.26 Å². The fraction of sp³-hybridized carbons (Fsp3) is 0.0909. The summed E-state index contributed by atoms with van der Waals surface area (Å²) >= 11 is 5.75. The van der Waals surface area contributed by atoms with Crippen LogP contribution in [0.4, 0.5) is 0 Å². The molecule has 1 aliphatic rings. The molecule has 0 N–H and O–H groups in total. The van der Waals surface area contributed by atoms with Crippen LogP contribution in [-0.4, -0.2) is 6.61 Å². The van der Waals surface area contributed by atoms with Crippen LogP contribution in [0.1, 0.15) is 0 Å². The first-order valence-electron chi connectivity index (χ1n) is 4.26. The topological polar surface area (TPSA) is 18.5 Å². The van der Waals surface area contributed by atoms with Crippen LogP contribution in [0.5, 0.6) is 5.75 Å². The quantitative estimate of drug-likeness (QED) is 0.744. The Morgan fingerprint density at radius 2 is 2.00 bits per heavy atom. The van der Waals surface area contributed by atoms with Crippen LogP contribution < -0.4 is 4.74 Å². The molecule has 0 radical (unpaired) electrons. The molecule has 0 aromatic heterocycles. The second kappa shape index (κ2) is 4.20. The van der Waals surface area contributed by atoms with Gasteiger partial charge in [-0.05, 0) is 30.3 Å². The summed E-state index contributed by atoms with van der Waals surface area (Å²) in [6.45, 7) is 0.555. The van der Waals surface area contributed by atoms with Crippen LogP contribution in [0.25, 0.3) is 0 Å². The van der Waals surface area contributed by atoms with E-state index in [-0.39, 0.29) is 0 Å². The molecule has 3 heteroatoms. The first-order valence-corrected chi connectivity index (χ1v) is 4.64. The van der Waals surface area contributed by atoms with Gasteiger partial charge in [-0.15, -0.1) is 0 Å². The van der Waals surface area contributed by atoms with Crippen molar-refractivity contribution in [2.24, 2.45) is 0 Å². The van der Waals surface area contributed by atoms with Gasteiger partial charge in [0.1, 0.15) is 18.1 Å². The van der Waals surface area contributed by atoms with Crippen LogP contribution >= 0.6 is 11.6 Å². The lowest BCUT2D eigenvalue weighted by atomic mass is 10.3. The molecule has 72 valence electrons. The highest BCUT2D eigenvalue weighted by Crippen LogP contribution is 2.18. The number of hydrogen-bond acceptors (Lipinski definition) is 2. The molecule has 1 aromatic carbocycles. The molecule has 0 saturated heterocycles. The predicted octanol–water partition coefficient (Wildman–Crippen LogP) is 3.15. The molecule has 0 fully saturated rings. The molecule has 0 atom stereocenters. The fourth-order valence-electron chi connectivity index (χ4n) is 1.08. The lowest BCUT2D eigenvalue weighted by molar-refractivity contribution is 0.273. The minimum absolute atomic E-state index is 0.555. The van der Waals surface area contributed by atoms with Crippen molar-refractivity contribution in [1.29, 1.82) is 0 Å². The van der Waals surface area contributed by atoms with Crippen LogP contribution in [-0.2, 0) is 4.74 Å². The Balaban J connectivity index is 2.07. The maximum atomic E-state index is 5.75. The van der Waals surface area contributed by atoms with E-state index in [0.717, 1.165) is 11.5 Å². The molecule has 0 aliphatic carbocycles. The molecular formula is C11H9ClO2. The number of halogens is 1. The third-order valence-electron chi connectivity index (χ3n) is 1.76. The van der Waals surface area contributed by atoms with Crippen molar-refractivity contribution < 1.29 is 9.47 Å². The normalized spacial score (nSPS) is 14.5. The van der Waals surface area contributed by atoms with Crippen LogP contribution in [0.2, 0.25) is 5.02 Å². The van der Waals surface area contributed by atoms with Crippen LogP contribution in [0.3, 0.4) is 0 Å². The molecule has 1 aliphatic heterocycles. The van der Waals surface area contributed by atoms with E-state index in [0.29, 0.717) is 11.6 Å². The van der Waals surface area contributed by atoms with Crippen LogP contribution in [0, 0.1) is 0 Å². The molecular weight excluding hydrogens is 200 g/mol. The minimum Gasteiger partial charge on any atom is -0.497 e. The Kier molecular flexibility index (Phi) is 2.75. The summed E-state index contributed by atoms with van der Waals surface area (Å²) in [5.41, 5.74) is 0. The van der Waals surface area contributed by atoms with E-state index >= 15 is 0 Å². The van der Waals surface area contributed by atoms with Gasteiger partial charge in [0.15, 0.2) is 0 Å². The van der Waals surface area contributed by atoms with Gasteiger partial charge in [0.25, 0.3) is 0 Å². The average Bonchev–Trinajstić information content (AvgIpc) is 2.23. The smallest absolute Gasteiger partial charge is 0.129 e. The van der Waals surface area contributed by atoms with Crippen molar-refractivity contribution in [3.05, 3.63) is 53.5 Å². The Morgan fingerprint density at radius 1 is 1.21 bits per heavy atom. The number of ether oxygens (including phenoxy) is 2. The number of allylic oxidation sites excluding steroid dienone is 1. The molecule has 1 heterocycles. The first-order chi connectivity index (χ1) is 6.84. The summed E-state index contributed by atoms with van der Waals surface area (Å²) < 4.78 is 10.5. The summed E-state index contributed by atoms with van der Waals surface area (Å²) in [4.78, 5) is 0. The third kappa shape index (κ3) is 2.30. The van der Waals surface area contributed by atoms with Gasteiger partial charge in [0, 0.05) is 11.1 Å². The molecule has 0 amide bonds. The lowest BCUT2D eigenvalue weighted by Crippen LogP contribution is -1.98. The summed E-state index contributed by atoms with van der Waals surface area (Å²) in [5, 5.41) is 0.703. The Bertz CT molecular complexity index is 365. The minimum atomic E-state index is 0.555. The van der Waals surface area contributed by atoms with Gasteiger partial charge in [-0.3, -0.25) is 0 Å². The average molecular weight is 209 g/mol. The molecule has 0 bridgehead atoms. The van der Waals surface area contributed by atoms with E-state index in [1.807, 2.05) is 18.2 Å². The zero-order valence-corrected chi connectivity index (χ0v) is 8.20. The third-order valence-corrected chi connectivity index (χ3v) is 2.01. The number of hydrogen-bond donors (Lipinski definition) is 0. The molecule has 0 spiro atoms. The predicted molar refractivity (Wildman–Crippen MR) is 55.3 cm³/mol. The largest absolute Gasteiger partial charge is 0.497 e. The zero-order chi connectivity index (χ0) is 9.80. The summed E-state index contributed by atoms with van der Waals surface area (Å²) in [6.07, 6.45) is 5.26. The SMILES string of the molecule is Clc1ccc(OC2=CCOC=C2)cc1. The first kappa shape index (κ1) is 9.16. The Morgan fingerprint density at radius 3 is 2.64 bits per heavy atom. The fourth-order valence-corrected chi connectivity index (χ4v) is 1.21. The van der Waals surface area contributed by atoms with Gasteiger partial charge >= 0.3 is 0 Å². The van der Waals surface area contributed by atoms with E-state index in [4.69, 9.17) is 21.1 Å². The Labute approximate surface area is 87.4 Å². The van der Waals surface area contributed by atoms with Crippen molar-refractivity contribution in [2.75, 3.05) is 6.61 Å². The van der Waals surface area contributed by atoms with Gasteiger partial charge in [0.2, 0.25) is 0 Å². The van der Waals surface area contributed by atoms with E-state index in [9.17, 15) is 0 Å². The van der Waals surface area contributed by atoms with Crippen LogP contribution in [0.15, 0.2) is 48.4 Å². The second-order valence-corrected chi connectivity index (χ2v) is 3.23. The van der Waals surface area contributed by atoms with E-state index < -0.39 is 0 Å². The summed E-state index contributed by atoms with van der Waals surface area (Å²) in [7, 11) is 0. The maximum Gasteiger partial charge on any atom is 0.129 e. The highest BCUT2D eigenvalue weighted by molar-refractivity contribution is 6.30. The Hall–Kier alpha value is -1.41. The molecule has 14 heavy (non-hydrogen) atoms. The van der Waals surface area contributed by atoms with E-state index in [1.165, 1.54) is 0 Å². The van der Waals surface area contributed by atoms with Gasteiger partial charge < -0.3 is 9.47 Å². The summed E-state index contributed by atoms with van der Waals surface area (Å²) in [5.74, 6) is 1.56. The highest BCUT2D eigenvalue weighted by Gasteiger charge is 2.00. The van der Waals surface area contributed by atoms with Gasteiger partial charge in [-0.25, -0.2) is 0 Å². The second-order valence-electron chi connectivity index (χ2n) is 2.80. The van der Waals surface area contributed by atoms with Crippen molar-refractivity contribution in [3.63, 3.8) is 0 Å². The maximum absolute atomic E-state index is 5.75. The molecule has 2 rings (SSSR count). The number of benzene rings is 1. The molecule has 1 aromatic rings. The van der Waals surface area contributed by atoms with E-state index in [2.05, 4.69) is 0 Å². The molecule has 2 nitrogen and oxygen atoms in total. The van der Waals surface area contributed by atoms with Gasteiger partial charge in [-0.1, -0.05) is 11.6 Å². The number of rotatable bonds is 2. The highest BCUT2D eigenvalue weighted by atomic mass is 35.5. The van der Waals surface area contributed by atoms with Crippen molar-refractivity contribution in [1.82, 2.24) is 0 Å². The molecule has 0 saturated carbocycles. The van der Waals surface area contributed by atoms with Crippen molar-refractivity contribution in [3.8, 4) is 5.75 Å². The van der Waals surface area contributed by atoms with Crippen molar-refractivity contribution >= 4 is 11.6 Å². The zero-order valence-electron chi connectivity index (χ0n) is 7.44. The van der Waals surface area contributed by atoms with E-state index in [1.54, 1.807) is 24.5 Å².